The van der Waals surface area contributed by atoms with E-state index in [9.17, 15) is 0 Å². The zero-order chi connectivity index (χ0) is 9.68. The summed E-state index contributed by atoms with van der Waals surface area (Å²) in [6.07, 6.45) is 7.12. The van der Waals surface area contributed by atoms with Crippen LogP contribution in [0.1, 0.15) is 5.69 Å². The van der Waals surface area contributed by atoms with Gasteiger partial charge in [0.05, 0.1) is 5.69 Å². The van der Waals surface area contributed by atoms with Gasteiger partial charge in [-0.15, -0.1) is 0 Å². The van der Waals surface area contributed by atoms with Crippen molar-refractivity contribution in [1.82, 2.24) is 9.97 Å². The fraction of sp³-hybridized carbons (Fsp3) is 0.111. The lowest BCUT2D eigenvalue weighted by atomic mass is 10.2. The standard InChI is InChI=1S/C9H11N3S/c1-3-7(4-5-10-2)8-6-11-9(13)12-8/h3-6H,1H2,2H3,(H2,11,12,13)/b7-4+,10-5-. The molecule has 0 unspecified atom stereocenters. The first-order chi connectivity index (χ1) is 6.27. The van der Waals surface area contributed by atoms with Gasteiger partial charge in [0.15, 0.2) is 4.77 Å². The van der Waals surface area contributed by atoms with E-state index in [1.165, 1.54) is 0 Å². The molecule has 0 radical (unpaired) electrons. The van der Waals surface area contributed by atoms with Gasteiger partial charge in [0, 0.05) is 25.0 Å². The number of allylic oxidation sites excluding steroid dienone is 3. The summed E-state index contributed by atoms with van der Waals surface area (Å²) in [6, 6.07) is 0. The van der Waals surface area contributed by atoms with Crippen molar-refractivity contribution in [2.24, 2.45) is 4.99 Å². The molecule has 13 heavy (non-hydrogen) atoms. The van der Waals surface area contributed by atoms with Gasteiger partial charge in [0.1, 0.15) is 0 Å². The zero-order valence-corrected chi connectivity index (χ0v) is 8.19. The van der Waals surface area contributed by atoms with E-state index < -0.39 is 0 Å². The molecule has 1 aromatic heterocycles. The average molecular weight is 193 g/mol. The number of aromatic nitrogens is 2. The van der Waals surface area contributed by atoms with E-state index in [-0.39, 0.29) is 0 Å². The monoisotopic (exact) mass is 193 g/mol. The number of H-pyrrole nitrogens is 2. The molecule has 0 amide bonds. The van der Waals surface area contributed by atoms with Crippen molar-refractivity contribution in [3.63, 3.8) is 0 Å². The molecule has 0 aliphatic rings. The van der Waals surface area contributed by atoms with Gasteiger partial charge in [-0.1, -0.05) is 12.7 Å². The number of aliphatic imine (C=N–C) groups is 1. The fourth-order valence-electron chi connectivity index (χ4n) is 0.910. The van der Waals surface area contributed by atoms with Crippen LogP contribution in [0, 0.1) is 4.77 Å². The Labute approximate surface area is 81.9 Å². The summed E-state index contributed by atoms with van der Waals surface area (Å²) in [6.45, 7) is 3.70. The fourth-order valence-corrected chi connectivity index (χ4v) is 1.08. The SMILES string of the molecule is C=C/C(=C\C=N/C)c1c[nH]c(=S)[nH]1. The van der Waals surface area contributed by atoms with E-state index in [4.69, 9.17) is 12.2 Å². The van der Waals surface area contributed by atoms with Crippen LogP contribution in [0.3, 0.4) is 0 Å². The molecule has 1 rings (SSSR count). The topological polar surface area (TPSA) is 43.9 Å². The van der Waals surface area contributed by atoms with Gasteiger partial charge >= 0.3 is 0 Å². The molecule has 0 aliphatic carbocycles. The van der Waals surface area contributed by atoms with Gasteiger partial charge < -0.3 is 9.97 Å². The molecule has 0 saturated heterocycles. The summed E-state index contributed by atoms with van der Waals surface area (Å²) in [4.78, 5) is 9.74. The molecule has 2 N–H and O–H groups in total. The van der Waals surface area contributed by atoms with Crippen molar-refractivity contribution in [1.29, 1.82) is 0 Å². The Kier molecular flexibility index (Phi) is 3.40. The van der Waals surface area contributed by atoms with Crippen molar-refractivity contribution < 1.29 is 0 Å². The van der Waals surface area contributed by atoms with Crippen LogP contribution in [-0.2, 0) is 0 Å². The lowest BCUT2D eigenvalue weighted by molar-refractivity contribution is 1.26. The predicted molar refractivity (Wildman–Crippen MR) is 58.6 cm³/mol. The van der Waals surface area contributed by atoms with E-state index in [2.05, 4.69) is 21.5 Å². The molecule has 1 heterocycles. The summed E-state index contributed by atoms with van der Waals surface area (Å²) >= 11 is 4.91. The van der Waals surface area contributed by atoms with Crippen molar-refractivity contribution >= 4 is 24.0 Å². The van der Waals surface area contributed by atoms with E-state index in [1.54, 1.807) is 25.5 Å². The van der Waals surface area contributed by atoms with Gasteiger partial charge in [0.2, 0.25) is 0 Å². The first-order valence-corrected chi connectivity index (χ1v) is 4.21. The van der Waals surface area contributed by atoms with Crippen LogP contribution in [0.25, 0.3) is 5.57 Å². The second kappa shape index (κ2) is 4.57. The van der Waals surface area contributed by atoms with E-state index >= 15 is 0 Å². The maximum Gasteiger partial charge on any atom is 0.174 e. The van der Waals surface area contributed by atoms with Gasteiger partial charge in [-0.3, -0.25) is 4.99 Å². The van der Waals surface area contributed by atoms with Crippen molar-refractivity contribution in [2.45, 2.75) is 0 Å². The van der Waals surface area contributed by atoms with Crippen LogP contribution in [-0.4, -0.2) is 23.2 Å². The molecule has 4 heteroatoms. The highest BCUT2D eigenvalue weighted by Crippen LogP contribution is 2.10. The Morgan fingerprint density at radius 1 is 1.69 bits per heavy atom. The molecule has 68 valence electrons. The highest BCUT2D eigenvalue weighted by molar-refractivity contribution is 7.71. The number of nitrogens with one attached hydrogen (secondary N) is 2. The normalized spacial score (nSPS) is 12.2. The number of rotatable bonds is 3. The molecule has 0 spiro atoms. The Bertz CT molecular complexity index is 395. The Balaban J connectivity index is 3.03. The Morgan fingerprint density at radius 3 is 2.92 bits per heavy atom. The molecule has 0 aromatic carbocycles. The highest BCUT2D eigenvalue weighted by Gasteiger charge is 1.96. The molecular formula is C9H11N3S. The summed E-state index contributed by atoms with van der Waals surface area (Å²) in [7, 11) is 1.72. The van der Waals surface area contributed by atoms with Gasteiger partial charge in [0.25, 0.3) is 0 Å². The van der Waals surface area contributed by atoms with Gasteiger partial charge in [-0.2, -0.15) is 0 Å². The molecule has 0 bridgehead atoms. The van der Waals surface area contributed by atoms with Crippen LogP contribution in [0.2, 0.25) is 0 Å². The van der Waals surface area contributed by atoms with Crippen molar-refractivity contribution in [3.8, 4) is 0 Å². The van der Waals surface area contributed by atoms with E-state index in [0.717, 1.165) is 11.3 Å². The second-order valence-corrected chi connectivity index (χ2v) is 2.80. The van der Waals surface area contributed by atoms with E-state index in [0.29, 0.717) is 4.77 Å². The third-order valence-corrected chi connectivity index (χ3v) is 1.75. The predicted octanol–water partition coefficient (Wildman–Crippen LogP) is 2.34. The molecule has 0 atom stereocenters. The third-order valence-electron chi connectivity index (χ3n) is 1.53. The van der Waals surface area contributed by atoms with Crippen LogP contribution in [0.4, 0.5) is 0 Å². The first-order valence-electron chi connectivity index (χ1n) is 3.81. The summed E-state index contributed by atoms with van der Waals surface area (Å²) < 4.78 is 0.608. The maximum atomic E-state index is 4.91. The Hall–Kier alpha value is -1.42. The van der Waals surface area contributed by atoms with Crippen LogP contribution >= 0.6 is 12.2 Å². The minimum Gasteiger partial charge on any atom is -0.337 e. The number of hydrogen-bond acceptors (Lipinski definition) is 2. The molecule has 3 nitrogen and oxygen atoms in total. The summed E-state index contributed by atoms with van der Waals surface area (Å²) in [5.41, 5.74) is 1.87. The van der Waals surface area contributed by atoms with Gasteiger partial charge in [-0.05, 0) is 18.3 Å². The number of aromatic amines is 2. The lowest BCUT2D eigenvalue weighted by Crippen LogP contribution is -1.80. The summed E-state index contributed by atoms with van der Waals surface area (Å²) in [5, 5.41) is 0. The van der Waals surface area contributed by atoms with Crippen LogP contribution in [0.15, 0.2) is 29.9 Å². The average Bonchev–Trinajstić information content (AvgIpc) is 2.54. The van der Waals surface area contributed by atoms with Gasteiger partial charge in [-0.25, -0.2) is 0 Å². The molecule has 1 aromatic rings. The van der Waals surface area contributed by atoms with Crippen LogP contribution < -0.4 is 0 Å². The molecule has 0 saturated carbocycles. The van der Waals surface area contributed by atoms with Crippen molar-refractivity contribution in [3.05, 3.63) is 35.4 Å². The second-order valence-electron chi connectivity index (χ2n) is 2.39. The number of nitrogens with zero attached hydrogens (tertiary/aromatic N) is 1. The first kappa shape index (κ1) is 9.67. The van der Waals surface area contributed by atoms with Crippen molar-refractivity contribution in [2.75, 3.05) is 7.05 Å². The quantitative estimate of drug-likeness (QED) is 0.432. The number of imidazole rings is 1. The Morgan fingerprint density at radius 2 is 2.46 bits per heavy atom. The number of hydrogen-bond donors (Lipinski definition) is 2. The molecular weight excluding hydrogens is 182 g/mol. The smallest absolute Gasteiger partial charge is 0.174 e. The maximum absolute atomic E-state index is 4.91. The largest absolute Gasteiger partial charge is 0.337 e. The zero-order valence-electron chi connectivity index (χ0n) is 7.37. The minimum atomic E-state index is 0.608. The third kappa shape index (κ3) is 2.52. The van der Waals surface area contributed by atoms with E-state index in [1.807, 2.05) is 6.08 Å². The summed E-state index contributed by atoms with van der Waals surface area (Å²) in [5.74, 6) is 0. The molecule has 0 aliphatic heterocycles. The highest BCUT2D eigenvalue weighted by atomic mass is 32.1. The molecule has 0 fully saturated rings. The minimum absolute atomic E-state index is 0.608. The lowest BCUT2D eigenvalue weighted by Gasteiger charge is -1.93. The van der Waals surface area contributed by atoms with Crippen LogP contribution in [0.5, 0.6) is 0 Å².